The topological polar surface area (TPSA) is 72.0 Å². The summed E-state index contributed by atoms with van der Waals surface area (Å²) in [5, 5.41) is 4.59. The number of nitrogens with zero attached hydrogens (tertiary/aromatic N) is 2. The highest BCUT2D eigenvalue weighted by Gasteiger charge is 2.12. The van der Waals surface area contributed by atoms with Crippen molar-refractivity contribution < 1.29 is 9.59 Å². The lowest BCUT2D eigenvalue weighted by Crippen LogP contribution is -2.14. The van der Waals surface area contributed by atoms with E-state index < -0.39 is 0 Å². The van der Waals surface area contributed by atoms with Gasteiger partial charge in [0.2, 0.25) is 5.91 Å². The summed E-state index contributed by atoms with van der Waals surface area (Å²) >= 11 is 3.00. The van der Waals surface area contributed by atoms with Crippen molar-refractivity contribution in [3.8, 4) is 10.4 Å². The third-order valence-electron chi connectivity index (χ3n) is 4.27. The molecule has 0 saturated heterocycles. The van der Waals surface area contributed by atoms with Gasteiger partial charge in [0.25, 0.3) is 0 Å². The van der Waals surface area contributed by atoms with Gasteiger partial charge in [-0.05, 0) is 42.8 Å². The second-order valence-electron chi connectivity index (χ2n) is 6.34. The summed E-state index contributed by atoms with van der Waals surface area (Å²) in [5.74, 6) is 0.101. The van der Waals surface area contributed by atoms with Crippen molar-refractivity contribution >= 4 is 50.7 Å². The molecular weight excluding hydrogens is 402 g/mol. The summed E-state index contributed by atoms with van der Waals surface area (Å²) in [4.78, 5) is 34.4. The minimum atomic E-state index is -0.129. The van der Waals surface area contributed by atoms with Crippen LogP contribution in [0.15, 0.2) is 72.0 Å². The molecule has 144 valence electrons. The molecule has 1 amide bonds. The van der Waals surface area contributed by atoms with E-state index in [-0.39, 0.29) is 17.4 Å². The number of aromatic nitrogens is 2. The molecule has 0 bridgehead atoms. The zero-order chi connectivity index (χ0) is 20.2. The van der Waals surface area contributed by atoms with Crippen LogP contribution in [-0.2, 0) is 4.79 Å². The van der Waals surface area contributed by atoms with Gasteiger partial charge in [-0.15, -0.1) is 11.3 Å². The molecule has 5 nitrogen and oxygen atoms in total. The van der Waals surface area contributed by atoms with Crippen LogP contribution in [0.3, 0.4) is 0 Å². The molecule has 0 radical (unpaired) electrons. The van der Waals surface area contributed by atoms with Crippen molar-refractivity contribution in [2.45, 2.75) is 11.9 Å². The number of carbonyl (C=O) groups excluding carboxylic acids is 2. The van der Waals surface area contributed by atoms with Gasteiger partial charge in [-0.2, -0.15) is 0 Å². The number of hydrogen-bond donors (Lipinski definition) is 1. The zero-order valence-electron chi connectivity index (χ0n) is 15.6. The van der Waals surface area contributed by atoms with Crippen molar-refractivity contribution in [3.05, 3.63) is 72.6 Å². The SMILES string of the molecule is CC(=O)c1ccc(NC(=O)CSc2ncnc3sc(-c4ccccc4)cc23)cc1. The smallest absolute Gasteiger partial charge is 0.234 e. The fourth-order valence-electron chi connectivity index (χ4n) is 2.81. The quantitative estimate of drug-likeness (QED) is 0.261. The minimum Gasteiger partial charge on any atom is -0.325 e. The number of nitrogens with one attached hydrogen (secondary N) is 1. The Labute approximate surface area is 176 Å². The fourth-order valence-corrected chi connectivity index (χ4v) is 4.65. The number of anilines is 1. The summed E-state index contributed by atoms with van der Waals surface area (Å²) in [6.07, 6.45) is 1.54. The van der Waals surface area contributed by atoms with Crippen molar-refractivity contribution in [2.75, 3.05) is 11.1 Å². The van der Waals surface area contributed by atoms with Crippen LogP contribution in [0.2, 0.25) is 0 Å². The number of benzene rings is 2. The monoisotopic (exact) mass is 419 g/mol. The van der Waals surface area contributed by atoms with Crippen LogP contribution in [0.5, 0.6) is 0 Å². The summed E-state index contributed by atoms with van der Waals surface area (Å²) in [6.45, 7) is 1.51. The van der Waals surface area contributed by atoms with Crippen molar-refractivity contribution in [3.63, 3.8) is 0 Å². The molecule has 0 fully saturated rings. The predicted octanol–water partition coefficient (Wildman–Crippen LogP) is 5.29. The molecule has 2 aromatic carbocycles. The number of fused-ring (bicyclic) bond motifs is 1. The highest BCUT2D eigenvalue weighted by molar-refractivity contribution is 8.00. The second kappa shape index (κ2) is 8.55. The summed E-state index contributed by atoms with van der Waals surface area (Å²) in [5.41, 5.74) is 2.42. The average Bonchev–Trinajstić information content (AvgIpc) is 3.18. The highest BCUT2D eigenvalue weighted by atomic mass is 32.2. The Morgan fingerprint density at radius 2 is 1.79 bits per heavy atom. The second-order valence-corrected chi connectivity index (χ2v) is 8.34. The zero-order valence-corrected chi connectivity index (χ0v) is 17.2. The molecule has 0 unspecified atom stereocenters. The number of ketones is 1. The number of rotatable bonds is 6. The molecule has 0 aliphatic rings. The van der Waals surface area contributed by atoms with Crippen molar-refractivity contribution in [1.82, 2.24) is 9.97 Å². The van der Waals surface area contributed by atoms with Crippen LogP contribution in [0.25, 0.3) is 20.7 Å². The van der Waals surface area contributed by atoms with Gasteiger partial charge < -0.3 is 5.32 Å². The van der Waals surface area contributed by atoms with Crippen LogP contribution >= 0.6 is 23.1 Å². The van der Waals surface area contributed by atoms with E-state index >= 15 is 0 Å². The van der Waals surface area contributed by atoms with Crippen LogP contribution in [0, 0.1) is 0 Å². The molecule has 7 heteroatoms. The van der Waals surface area contributed by atoms with E-state index in [0.29, 0.717) is 11.3 Å². The van der Waals surface area contributed by atoms with E-state index in [1.807, 2.05) is 18.2 Å². The molecule has 4 rings (SSSR count). The number of Topliss-reactive ketones (excluding diaryl/α,β-unsaturated/α-hetero) is 1. The van der Waals surface area contributed by atoms with Gasteiger partial charge in [0.1, 0.15) is 16.2 Å². The third-order valence-corrected chi connectivity index (χ3v) is 6.36. The molecule has 0 atom stereocenters. The summed E-state index contributed by atoms with van der Waals surface area (Å²) in [6, 6.07) is 19.1. The van der Waals surface area contributed by atoms with Crippen LogP contribution in [0.4, 0.5) is 5.69 Å². The Bertz CT molecular complexity index is 1170. The number of thiophene rings is 1. The Hall–Kier alpha value is -3.03. The number of amides is 1. The molecule has 4 aromatic rings. The fraction of sp³-hybridized carbons (Fsp3) is 0.0909. The Balaban J connectivity index is 1.46. The lowest BCUT2D eigenvalue weighted by atomic mass is 10.1. The van der Waals surface area contributed by atoms with Gasteiger partial charge in [0.15, 0.2) is 5.78 Å². The van der Waals surface area contributed by atoms with Crippen molar-refractivity contribution in [2.24, 2.45) is 0 Å². The first-order chi connectivity index (χ1) is 14.1. The molecule has 0 spiro atoms. The molecule has 2 heterocycles. The van der Waals surface area contributed by atoms with Crippen LogP contribution in [0.1, 0.15) is 17.3 Å². The molecule has 2 aromatic heterocycles. The van der Waals surface area contributed by atoms with Gasteiger partial charge in [-0.1, -0.05) is 42.1 Å². The maximum Gasteiger partial charge on any atom is 0.234 e. The first kappa shape index (κ1) is 19.3. The van der Waals surface area contributed by atoms with E-state index in [2.05, 4.69) is 33.5 Å². The standard InChI is InChI=1S/C22H17N3O2S2/c1-14(26)15-7-9-17(10-8-15)25-20(27)12-28-21-18-11-19(16-5-3-2-4-6-16)29-22(18)24-13-23-21/h2-11,13H,12H2,1H3,(H,25,27). The number of thioether (sulfide) groups is 1. The van der Waals surface area contributed by atoms with Gasteiger partial charge in [-0.3, -0.25) is 9.59 Å². The van der Waals surface area contributed by atoms with E-state index in [1.165, 1.54) is 25.0 Å². The van der Waals surface area contributed by atoms with Gasteiger partial charge >= 0.3 is 0 Å². The molecule has 0 saturated carbocycles. The van der Waals surface area contributed by atoms with E-state index in [9.17, 15) is 9.59 Å². The van der Waals surface area contributed by atoms with E-state index in [1.54, 1.807) is 35.6 Å². The molecular formula is C22H17N3O2S2. The molecule has 1 N–H and O–H groups in total. The molecule has 29 heavy (non-hydrogen) atoms. The van der Waals surface area contributed by atoms with E-state index in [4.69, 9.17) is 0 Å². The number of carbonyl (C=O) groups is 2. The largest absolute Gasteiger partial charge is 0.325 e. The van der Waals surface area contributed by atoms with E-state index in [0.717, 1.165) is 25.7 Å². The Morgan fingerprint density at radius 1 is 1.03 bits per heavy atom. The van der Waals surface area contributed by atoms with Crippen molar-refractivity contribution in [1.29, 1.82) is 0 Å². The van der Waals surface area contributed by atoms with Crippen LogP contribution < -0.4 is 5.32 Å². The Morgan fingerprint density at radius 3 is 2.52 bits per heavy atom. The molecule has 0 aliphatic carbocycles. The average molecular weight is 420 g/mol. The van der Waals surface area contributed by atoms with Gasteiger partial charge in [0, 0.05) is 21.5 Å². The predicted molar refractivity (Wildman–Crippen MR) is 119 cm³/mol. The lowest BCUT2D eigenvalue weighted by Gasteiger charge is -2.06. The lowest BCUT2D eigenvalue weighted by molar-refractivity contribution is -0.113. The normalized spacial score (nSPS) is 10.8. The maximum atomic E-state index is 12.3. The first-order valence-electron chi connectivity index (χ1n) is 8.94. The number of hydrogen-bond acceptors (Lipinski definition) is 6. The summed E-state index contributed by atoms with van der Waals surface area (Å²) in [7, 11) is 0. The Kier molecular flexibility index (Phi) is 5.69. The first-order valence-corrected chi connectivity index (χ1v) is 10.7. The minimum absolute atomic E-state index is 0.00292. The molecule has 0 aliphatic heterocycles. The highest BCUT2D eigenvalue weighted by Crippen LogP contribution is 2.36. The van der Waals surface area contributed by atoms with Crippen LogP contribution in [-0.4, -0.2) is 27.4 Å². The van der Waals surface area contributed by atoms with Gasteiger partial charge in [-0.25, -0.2) is 9.97 Å². The summed E-state index contributed by atoms with van der Waals surface area (Å²) < 4.78 is 0. The maximum absolute atomic E-state index is 12.3. The van der Waals surface area contributed by atoms with Gasteiger partial charge in [0.05, 0.1) is 5.75 Å². The third kappa shape index (κ3) is 4.52.